The third-order valence-corrected chi connectivity index (χ3v) is 7.72. The third-order valence-electron chi connectivity index (χ3n) is 5.97. The maximum absolute atomic E-state index is 11.9. The largest absolute Gasteiger partial charge is 0.507 e. The normalized spacial score (nSPS) is 23.4. The first-order valence-electron chi connectivity index (χ1n) is 9.80. The van der Waals surface area contributed by atoms with E-state index in [1.165, 1.54) is 6.07 Å². The third kappa shape index (κ3) is 3.81. The van der Waals surface area contributed by atoms with Gasteiger partial charge in [-0.3, -0.25) is 9.80 Å². The van der Waals surface area contributed by atoms with E-state index in [0.717, 1.165) is 50.0 Å². The van der Waals surface area contributed by atoms with Crippen LogP contribution in [-0.4, -0.2) is 67.1 Å². The van der Waals surface area contributed by atoms with Gasteiger partial charge < -0.3 is 9.52 Å². The standard InChI is InChI=1S/C20H26N2O5S/c1-2-14-11-19(24)27-20-16(14)3-4-18(23)17(20)12-21-6-8-22(9-7-21)15-5-10-28(25,26)13-15/h3-4,11,15,23H,2,5-10,12-13H2,1H3/t15-/m1/s1. The molecular formula is C20H26N2O5S. The van der Waals surface area contributed by atoms with Gasteiger partial charge >= 0.3 is 5.63 Å². The Balaban J connectivity index is 1.51. The average molecular weight is 407 g/mol. The Morgan fingerprint density at radius 2 is 1.96 bits per heavy atom. The number of piperazine rings is 1. The van der Waals surface area contributed by atoms with Crippen molar-refractivity contribution in [1.29, 1.82) is 0 Å². The van der Waals surface area contributed by atoms with Gasteiger partial charge in [0.25, 0.3) is 0 Å². The second-order valence-corrected chi connectivity index (χ2v) is 9.98. The number of phenols is 1. The monoisotopic (exact) mass is 406 g/mol. The summed E-state index contributed by atoms with van der Waals surface area (Å²) in [6, 6.07) is 5.10. The van der Waals surface area contributed by atoms with Gasteiger partial charge in [0, 0.05) is 50.2 Å². The first-order valence-corrected chi connectivity index (χ1v) is 11.6. The van der Waals surface area contributed by atoms with E-state index in [1.54, 1.807) is 12.1 Å². The van der Waals surface area contributed by atoms with Crippen molar-refractivity contribution in [2.24, 2.45) is 0 Å². The molecular weight excluding hydrogens is 380 g/mol. The van der Waals surface area contributed by atoms with Crippen molar-refractivity contribution < 1.29 is 17.9 Å². The zero-order valence-electron chi connectivity index (χ0n) is 16.1. The van der Waals surface area contributed by atoms with Crippen LogP contribution in [0, 0.1) is 0 Å². The number of fused-ring (bicyclic) bond motifs is 1. The van der Waals surface area contributed by atoms with Gasteiger partial charge in [-0.15, -0.1) is 0 Å². The van der Waals surface area contributed by atoms with Gasteiger partial charge in [-0.2, -0.15) is 0 Å². The van der Waals surface area contributed by atoms with Crippen molar-refractivity contribution in [2.75, 3.05) is 37.7 Å². The van der Waals surface area contributed by atoms with Crippen molar-refractivity contribution in [1.82, 2.24) is 9.80 Å². The molecule has 0 saturated carbocycles. The predicted molar refractivity (Wildman–Crippen MR) is 107 cm³/mol. The SMILES string of the molecule is CCc1cc(=O)oc2c(CN3CCN([C@@H]4CCS(=O)(=O)C4)CC3)c(O)ccc12. The molecule has 1 aromatic heterocycles. The predicted octanol–water partition coefficient (Wildman–Crippen LogP) is 1.37. The lowest BCUT2D eigenvalue weighted by atomic mass is 10.0. The van der Waals surface area contributed by atoms with Crippen LogP contribution in [0.15, 0.2) is 27.4 Å². The molecule has 2 saturated heterocycles. The van der Waals surface area contributed by atoms with E-state index in [0.29, 0.717) is 23.4 Å². The van der Waals surface area contributed by atoms with Gasteiger partial charge in [0.15, 0.2) is 9.84 Å². The van der Waals surface area contributed by atoms with Crippen LogP contribution in [0.4, 0.5) is 0 Å². The van der Waals surface area contributed by atoms with Gasteiger partial charge in [0.1, 0.15) is 11.3 Å². The number of benzene rings is 1. The molecule has 1 atom stereocenters. The summed E-state index contributed by atoms with van der Waals surface area (Å²) in [6.45, 7) is 5.65. The zero-order valence-corrected chi connectivity index (χ0v) is 16.9. The highest BCUT2D eigenvalue weighted by Gasteiger charge is 2.33. The molecule has 28 heavy (non-hydrogen) atoms. The Hall–Kier alpha value is -1.90. The molecule has 3 heterocycles. The number of hydrogen-bond donors (Lipinski definition) is 1. The Bertz CT molecular complexity index is 1040. The van der Waals surface area contributed by atoms with Gasteiger partial charge in [-0.1, -0.05) is 6.92 Å². The highest BCUT2D eigenvalue weighted by Crippen LogP contribution is 2.30. The second-order valence-electron chi connectivity index (χ2n) is 7.75. The van der Waals surface area contributed by atoms with Crippen LogP contribution < -0.4 is 5.63 Å². The molecule has 4 rings (SSSR count). The minimum Gasteiger partial charge on any atom is -0.507 e. The topological polar surface area (TPSA) is 91.1 Å². The van der Waals surface area contributed by atoms with Crippen molar-refractivity contribution in [2.45, 2.75) is 32.4 Å². The minimum atomic E-state index is -2.88. The van der Waals surface area contributed by atoms with Crippen molar-refractivity contribution in [3.05, 3.63) is 39.7 Å². The molecule has 2 fully saturated rings. The van der Waals surface area contributed by atoms with Gasteiger partial charge in [-0.05, 0) is 30.5 Å². The second kappa shape index (κ2) is 7.50. The van der Waals surface area contributed by atoms with Crippen molar-refractivity contribution in [3.63, 3.8) is 0 Å². The van der Waals surface area contributed by atoms with Crippen LogP contribution in [0.25, 0.3) is 11.0 Å². The maximum atomic E-state index is 11.9. The number of aryl methyl sites for hydroxylation is 1. The quantitative estimate of drug-likeness (QED) is 0.767. The van der Waals surface area contributed by atoms with E-state index in [2.05, 4.69) is 9.80 Å². The smallest absolute Gasteiger partial charge is 0.336 e. The lowest BCUT2D eigenvalue weighted by Gasteiger charge is -2.37. The summed E-state index contributed by atoms with van der Waals surface area (Å²) in [7, 11) is -2.88. The highest BCUT2D eigenvalue weighted by molar-refractivity contribution is 7.91. The molecule has 152 valence electrons. The van der Waals surface area contributed by atoms with Crippen LogP contribution in [0.5, 0.6) is 5.75 Å². The number of nitrogens with zero attached hydrogens (tertiary/aromatic N) is 2. The molecule has 8 heteroatoms. The van der Waals surface area contributed by atoms with E-state index >= 15 is 0 Å². The Morgan fingerprint density at radius 3 is 2.61 bits per heavy atom. The van der Waals surface area contributed by atoms with Crippen LogP contribution in [0.3, 0.4) is 0 Å². The summed E-state index contributed by atoms with van der Waals surface area (Å²) in [6.07, 6.45) is 1.44. The van der Waals surface area contributed by atoms with Crippen LogP contribution in [0.2, 0.25) is 0 Å². The van der Waals surface area contributed by atoms with Crippen LogP contribution in [0.1, 0.15) is 24.5 Å². The van der Waals surface area contributed by atoms with Gasteiger partial charge in [0.05, 0.1) is 17.1 Å². The number of sulfone groups is 1. The summed E-state index contributed by atoms with van der Waals surface area (Å²) in [5.74, 6) is 0.691. The zero-order chi connectivity index (χ0) is 19.9. The number of aromatic hydroxyl groups is 1. The van der Waals surface area contributed by atoms with Gasteiger partial charge in [-0.25, -0.2) is 13.2 Å². The van der Waals surface area contributed by atoms with Crippen molar-refractivity contribution in [3.8, 4) is 5.75 Å². The first-order chi connectivity index (χ1) is 13.4. The fraction of sp³-hybridized carbons (Fsp3) is 0.550. The lowest BCUT2D eigenvalue weighted by molar-refractivity contribution is 0.0996. The average Bonchev–Trinajstić information content (AvgIpc) is 3.04. The molecule has 0 radical (unpaired) electrons. The van der Waals surface area contributed by atoms with E-state index in [-0.39, 0.29) is 17.5 Å². The molecule has 2 aliphatic rings. The Morgan fingerprint density at radius 1 is 1.21 bits per heavy atom. The summed E-state index contributed by atoms with van der Waals surface area (Å²) < 4.78 is 28.9. The van der Waals surface area contributed by atoms with E-state index in [4.69, 9.17) is 4.42 Å². The van der Waals surface area contributed by atoms with Crippen LogP contribution in [-0.2, 0) is 22.8 Å². The van der Waals surface area contributed by atoms with Crippen LogP contribution >= 0.6 is 0 Å². The van der Waals surface area contributed by atoms with Gasteiger partial charge in [0.2, 0.25) is 0 Å². The molecule has 0 unspecified atom stereocenters. The summed E-state index contributed by atoms with van der Waals surface area (Å²) >= 11 is 0. The molecule has 0 spiro atoms. The maximum Gasteiger partial charge on any atom is 0.336 e. The molecule has 7 nitrogen and oxygen atoms in total. The van der Waals surface area contributed by atoms with E-state index < -0.39 is 15.5 Å². The molecule has 0 bridgehead atoms. The number of rotatable bonds is 4. The van der Waals surface area contributed by atoms with Crippen molar-refractivity contribution >= 4 is 20.8 Å². The van der Waals surface area contributed by atoms with E-state index in [1.807, 2.05) is 6.92 Å². The first kappa shape index (κ1) is 19.4. The Labute approximate surface area is 164 Å². The molecule has 0 amide bonds. The molecule has 0 aliphatic carbocycles. The highest BCUT2D eigenvalue weighted by atomic mass is 32.2. The fourth-order valence-corrected chi connectivity index (χ4v) is 6.12. The summed E-state index contributed by atoms with van der Waals surface area (Å²) in [5, 5.41) is 11.3. The number of phenolic OH excluding ortho intramolecular Hbond substituents is 1. The molecule has 2 aliphatic heterocycles. The Kier molecular flexibility index (Phi) is 5.20. The lowest BCUT2D eigenvalue weighted by Crippen LogP contribution is -2.50. The molecule has 1 aromatic carbocycles. The molecule has 1 N–H and O–H groups in total. The number of hydrogen-bond acceptors (Lipinski definition) is 7. The fourth-order valence-electron chi connectivity index (χ4n) is 4.36. The summed E-state index contributed by atoms with van der Waals surface area (Å²) in [4.78, 5) is 16.4. The van der Waals surface area contributed by atoms with E-state index in [9.17, 15) is 18.3 Å². The minimum absolute atomic E-state index is 0.128. The molecule has 2 aromatic rings. The summed E-state index contributed by atoms with van der Waals surface area (Å²) in [5.41, 5.74) is 1.62.